The Bertz CT molecular complexity index is 1060. The highest BCUT2D eigenvalue weighted by atomic mass is 35.5. The molecule has 0 saturated heterocycles. The number of ether oxygens (including phenoxy) is 1. The number of nitrogens with zero attached hydrogens (tertiary/aromatic N) is 2. The van der Waals surface area contributed by atoms with Gasteiger partial charge in [-0.25, -0.2) is 0 Å². The molecule has 3 rings (SSSR count). The second-order valence-electron chi connectivity index (χ2n) is 6.03. The van der Waals surface area contributed by atoms with Crippen LogP contribution < -0.4 is 5.32 Å². The number of amides is 1. The van der Waals surface area contributed by atoms with Crippen LogP contribution in [-0.2, 0) is 21.7 Å². The second-order valence-corrected chi connectivity index (χ2v) is 8.58. The minimum atomic E-state index is -1.75. The number of aromatic nitrogens is 2. The van der Waals surface area contributed by atoms with Gasteiger partial charge < -0.3 is 19.1 Å². The van der Waals surface area contributed by atoms with Crippen molar-refractivity contribution in [2.45, 2.75) is 17.7 Å². The predicted molar refractivity (Wildman–Crippen MR) is 112 cm³/mol. The molecule has 0 aliphatic heterocycles. The van der Waals surface area contributed by atoms with Gasteiger partial charge in [0.1, 0.15) is 17.0 Å². The molecule has 154 valence electrons. The van der Waals surface area contributed by atoms with Gasteiger partial charge >= 0.3 is 0 Å². The maximum absolute atomic E-state index is 13.1. The Kier molecular flexibility index (Phi) is 7.26. The molecule has 0 saturated carbocycles. The fourth-order valence-corrected chi connectivity index (χ4v) is 4.72. The van der Waals surface area contributed by atoms with Crippen LogP contribution in [0.25, 0.3) is 10.9 Å². The van der Waals surface area contributed by atoms with Crippen molar-refractivity contribution in [1.82, 2.24) is 15.5 Å². The van der Waals surface area contributed by atoms with Gasteiger partial charge in [0.2, 0.25) is 0 Å². The normalized spacial score (nSPS) is 12.3. The lowest BCUT2D eigenvalue weighted by molar-refractivity contribution is 0.0933. The van der Waals surface area contributed by atoms with Gasteiger partial charge in [-0.05, 0) is 19.1 Å². The molecule has 1 N–H and O–H groups in total. The molecule has 29 heavy (non-hydrogen) atoms. The van der Waals surface area contributed by atoms with Crippen molar-refractivity contribution >= 4 is 62.8 Å². The number of benzene rings is 1. The summed E-state index contributed by atoms with van der Waals surface area (Å²) in [5.41, 5.74) is 0.692. The van der Waals surface area contributed by atoms with Gasteiger partial charge in [0.25, 0.3) is 10.9 Å². The van der Waals surface area contributed by atoms with Crippen LogP contribution in [0.15, 0.2) is 27.7 Å². The topological polar surface area (TPSA) is 100 Å². The van der Waals surface area contributed by atoms with Crippen LogP contribution >= 0.6 is 34.8 Å². The van der Waals surface area contributed by atoms with E-state index >= 15 is 0 Å². The molecule has 3 aromatic rings. The van der Waals surface area contributed by atoms with E-state index in [2.05, 4.69) is 15.5 Å². The summed E-state index contributed by atoms with van der Waals surface area (Å²) in [5, 5.41) is 7.39. The third-order valence-corrected chi connectivity index (χ3v) is 6.22. The van der Waals surface area contributed by atoms with Crippen LogP contribution in [-0.4, -0.2) is 40.9 Å². The first-order chi connectivity index (χ1) is 13.8. The van der Waals surface area contributed by atoms with E-state index in [1.165, 1.54) is 7.11 Å². The molecule has 2 aromatic heterocycles. The third kappa shape index (κ3) is 4.79. The molecular weight excluding hydrogens is 461 g/mol. The fraction of sp³-hybridized carbons (Fsp3) is 0.278. The molecule has 0 radical (unpaired) electrons. The number of pyridine rings is 1. The molecule has 1 unspecified atom stereocenters. The zero-order valence-corrected chi connectivity index (χ0v) is 18.5. The average Bonchev–Trinajstić information content (AvgIpc) is 3.08. The molecule has 0 spiro atoms. The van der Waals surface area contributed by atoms with Gasteiger partial charge in [0.15, 0.2) is 5.75 Å². The van der Waals surface area contributed by atoms with E-state index in [4.69, 9.17) is 44.1 Å². The molecule has 1 atom stereocenters. The van der Waals surface area contributed by atoms with Crippen LogP contribution in [0.5, 0.6) is 0 Å². The molecule has 7 nitrogen and oxygen atoms in total. The summed E-state index contributed by atoms with van der Waals surface area (Å²) in [6.07, 6.45) is 0. The van der Waals surface area contributed by atoms with E-state index < -0.39 is 17.1 Å². The summed E-state index contributed by atoms with van der Waals surface area (Å²) in [6, 6.07) is 4.77. The second kappa shape index (κ2) is 9.51. The zero-order valence-electron chi connectivity index (χ0n) is 15.4. The Labute approximate surface area is 184 Å². The summed E-state index contributed by atoms with van der Waals surface area (Å²) in [6.45, 7) is 2.26. The van der Waals surface area contributed by atoms with E-state index in [0.717, 1.165) is 0 Å². The Morgan fingerprint density at radius 1 is 1.31 bits per heavy atom. The van der Waals surface area contributed by atoms with Crippen molar-refractivity contribution in [3.8, 4) is 0 Å². The Hall–Kier alpha value is -1.55. The first kappa shape index (κ1) is 22.1. The van der Waals surface area contributed by atoms with Crippen molar-refractivity contribution < 1.29 is 18.6 Å². The van der Waals surface area contributed by atoms with Crippen LogP contribution in [0.1, 0.15) is 21.8 Å². The summed E-state index contributed by atoms with van der Waals surface area (Å²) >= 11 is 17.3. The number of hydrogen-bond acceptors (Lipinski definition) is 6. The molecule has 0 aliphatic carbocycles. The molecule has 0 bridgehead atoms. The van der Waals surface area contributed by atoms with Crippen LogP contribution in [0.4, 0.5) is 0 Å². The molecular formula is C18H16Cl3N3O4S. The van der Waals surface area contributed by atoms with Gasteiger partial charge in [-0.15, -0.1) is 0 Å². The van der Waals surface area contributed by atoms with Gasteiger partial charge in [0, 0.05) is 36.3 Å². The molecule has 2 heterocycles. The number of aryl methyl sites for hydroxylation is 1. The lowest BCUT2D eigenvalue weighted by Gasteiger charge is -2.16. The van der Waals surface area contributed by atoms with Crippen molar-refractivity contribution in [2.24, 2.45) is 0 Å². The molecule has 1 amide bonds. The Morgan fingerprint density at radius 3 is 2.69 bits per heavy atom. The first-order valence-corrected chi connectivity index (χ1v) is 10.8. The molecule has 1 aromatic carbocycles. The lowest BCUT2D eigenvalue weighted by atomic mass is 10.1. The molecule has 0 aliphatic rings. The van der Waals surface area contributed by atoms with Crippen molar-refractivity contribution in [1.29, 1.82) is 0 Å². The van der Waals surface area contributed by atoms with Gasteiger partial charge in [0.05, 0.1) is 27.2 Å². The smallest absolute Gasteiger partial charge is 0.259 e. The zero-order chi connectivity index (χ0) is 21.1. The number of halogens is 3. The lowest BCUT2D eigenvalue weighted by Crippen LogP contribution is -2.29. The minimum Gasteiger partial charge on any atom is -0.610 e. The Morgan fingerprint density at radius 2 is 2.03 bits per heavy atom. The first-order valence-electron chi connectivity index (χ1n) is 8.38. The molecule has 0 fully saturated rings. The number of rotatable bonds is 7. The van der Waals surface area contributed by atoms with E-state index in [1.807, 2.05) is 0 Å². The quantitative estimate of drug-likeness (QED) is 0.406. The summed E-state index contributed by atoms with van der Waals surface area (Å²) in [5.74, 6) is 0.0222. The van der Waals surface area contributed by atoms with Crippen molar-refractivity contribution in [3.05, 3.63) is 50.3 Å². The number of methoxy groups -OCH3 is 1. The monoisotopic (exact) mass is 475 g/mol. The van der Waals surface area contributed by atoms with Crippen LogP contribution in [0.3, 0.4) is 0 Å². The number of carbonyl (C=O) groups is 1. The predicted octanol–water partition coefficient (Wildman–Crippen LogP) is 4.18. The van der Waals surface area contributed by atoms with E-state index in [1.54, 1.807) is 25.1 Å². The van der Waals surface area contributed by atoms with Crippen LogP contribution in [0.2, 0.25) is 15.1 Å². The maximum atomic E-state index is 13.1. The number of fused-ring (bicyclic) bond motifs is 1. The summed E-state index contributed by atoms with van der Waals surface area (Å²) in [7, 11) is 1.51. The number of carbonyl (C=O) groups excluding carboxylic acids is 1. The van der Waals surface area contributed by atoms with E-state index in [-0.39, 0.29) is 43.5 Å². The third-order valence-electron chi connectivity index (χ3n) is 3.93. The standard InChI is InChI=1S/C18H16Cl3N3O4S/c1-9-7-10(24-28-9)8-29(26)18-14(17(25)22-5-6-27-2)15(21)13-11(19)3-4-12(20)16(13)23-18/h3-4,7H,5-6,8H2,1-2H3,(H,22,25). The molecule has 11 heteroatoms. The van der Waals surface area contributed by atoms with E-state index in [9.17, 15) is 9.35 Å². The maximum Gasteiger partial charge on any atom is 0.259 e. The summed E-state index contributed by atoms with van der Waals surface area (Å²) in [4.78, 5) is 17.2. The highest BCUT2D eigenvalue weighted by molar-refractivity contribution is 7.90. The average molecular weight is 477 g/mol. The fourth-order valence-electron chi connectivity index (χ4n) is 2.64. The Balaban J connectivity index is 2.13. The SMILES string of the molecule is COCCNC(=O)c1c([S+]([O-])Cc2cc(C)on2)nc2c(Cl)ccc(Cl)c2c1Cl. The minimum absolute atomic E-state index is 0.0112. The van der Waals surface area contributed by atoms with Gasteiger partial charge in [-0.1, -0.05) is 40.0 Å². The highest BCUT2D eigenvalue weighted by Crippen LogP contribution is 2.38. The largest absolute Gasteiger partial charge is 0.610 e. The number of nitrogens with one attached hydrogen (secondary N) is 1. The highest BCUT2D eigenvalue weighted by Gasteiger charge is 2.30. The van der Waals surface area contributed by atoms with Crippen molar-refractivity contribution in [2.75, 3.05) is 20.3 Å². The van der Waals surface area contributed by atoms with Gasteiger partial charge in [-0.2, -0.15) is 4.98 Å². The summed E-state index contributed by atoms with van der Waals surface area (Å²) < 4.78 is 23.1. The van der Waals surface area contributed by atoms with E-state index in [0.29, 0.717) is 23.4 Å². The number of hydrogen-bond donors (Lipinski definition) is 1. The van der Waals surface area contributed by atoms with Crippen molar-refractivity contribution in [3.63, 3.8) is 0 Å². The van der Waals surface area contributed by atoms with Crippen LogP contribution in [0, 0.1) is 6.92 Å². The van der Waals surface area contributed by atoms with Gasteiger partial charge in [-0.3, -0.25) is 4.79 Å².